The number of likely N-dealkylation sites (tertiary alicyclic amines) is 1. The van der Waals surface area contributed by atoms with E-state index in [0.29, 0.717) is 38.0 Å². The summed E-state index contributed by atoms with van der Waals surface area (Å²) in [4.78, 5) is 18.8. The Bertz CT molecular complexity index is 860. The summed E-state index contributed by atoms with van der Waals surface area (Å²) in [5.74, 6) is 0.474. The van der Waals surface area contributed by atoms with Crippen LogP contribution in [0.15, 0.2) is 34.2 Å². The minimum atomic E-state index is -3.66. The number of nitrogens with zero attached hydrogens (tertiary/aromatic N) is 2. The quantitative estimate of drug-likeness (QED) is 0.238. The van der Waals surface area contributed by atoms with Gasteiger partial charge < -0.3 is 15.0 Å². The number of methoxy groups -OCH3 is 1. The van der Waals surface area contributed by atoms with Gasteiger partial charge in [-0.05, 0) is 52.2 Å². The second kappa shape index (κ2) is 12.0. The summed E-state index contributed by atoms with van der Waals surface area (Å²) < 4.78 is 33.2. The highest BCUT2D eigenvalue weighted by molar-refractivity contribution is 14.0. The lowest BCUT2D eigenvalue weighted by Crippen LogP contribution is -2.46. The fourth-order valence-electron chi connectivity index (χ4n) is 3.43. The first-order chi connectivity index (χ1) is 14.1. The molecule has 1 fully saturated rings. The Hall–Kier alpha value is -1.40. The molecule has 0 amide bonds. The fraction of sp³-hybridized carbons (Fsp3) is 0.619. The number of piperidine rings is 1. The SMILES string of the molecule is CCNC(=NCc1ccccc1S(=O)(=O)NC(C)(C)C)N1CCC(C(=O)OC)CC1.I. The van der Waals surface area contributed by atoms with E-state index in [1.165, 1.54) is 7.11 Å². The maximum Gasteiger partial charge on any atom is 0.308 e. The third-order valence-electron chi connectivity index (χ3n) is 4.77. The van der Waals surface area contributed by atoms with Crippen LogP contribution >= 0.6 is 24.0 Å². The average Bonchev–Trinajstić information content (AvgIpc) is 2.69. The Morgan fingerprint density at radius 3 is 2.39 bits per heavy atom. The number of carbonyl (C=O) groups is 1. The highest BCUT2D eigenvalue weighted by Crippen LogP contribution is 2.21. The lowest BCUT2D eigenvalue weighted by Gasteiger charge is -2.33. The summed E-state index contributed by atoms with van der Waals surface area (Å²) in [6.07, 6.45) is 1.41. The zero-order valence-electron chi connectivity index (χ0n) is 19.0. The van der Waals surface area contributed by atoms with E-state index in [4.69, 9.17) is 9.73 Å². The Morgan fingerprint density at radius 2 is 1.84 bits per heavy atom. The van der Waals surface area contributed by atoms with Crippen molar-refractivity contribution in [3.63, 3.8) is 0 Å². The summed E-state index contributed by atoms with van der Waals surface area (Å²) in [6, 6.07) is 6.92. The molecule has 0 radical (unpaired) electrons. The number of rotatable bonds is 6. The molecule has 10 heteroatoms. The van der Waals surface area contributed by atoms with Crippen molar-refractivity contribution in [2.45, 2.75) is 57.5 Å². The summed E-state index contributed by atoms with van der Waals surface area (Å²) in [5, 5.41) is 3.27. The number of nitrogens with one attached hydrogen (secondary N) is 2. The molecule has 0 saturated carbocycles. The smallest absolute Gasteiger partial charge is 0.308 e. The first kappa shape index (κ1) is 27.6. The lowest BCUT2D eigenvalue weighted by atomic mass is 9.97. The maximum atomic E-state index is 12.8. The first-order valence-corrected chi connectivity index (χ1v) is 11.8. The number of hydrogen-bond donors (Lipinski definition) is 2. The minimum Gasteiger partial charge on any atom is -0.469 e. The number of guanidine groups is 1. The molecule has 31 heavy (non-hydrogen) atoms. The van der Waals surface area contributed by atoms with E-state index >= 15 is 0 Å². The molecule has 1 aliphatic rings. The molecule has 0 bridgehead atoms. The van der Waals surface area contributed by atoms with E-state index in [9.17, 15) is 13.2 Å². The van der Waals surface area contributed by atoms with Gasteiger partial charge in [0.1, 0.15) is 0 Å². The standard InChI is InChI=1S/C21H34N4O4S.HI/c1-6-22-20(25-13-11-16(12-14-25)19(26)29-5)23-15-17-9-7-8-10-18(17)30(27,28)24-21(2,3)4;/h7-10,16,24H,6,11-15H2,1-5H3,(H,22,23);1H. The number of ether oxygens (including phenoxy) is 1. The van der Waals surface area contributed by atoms with Gasteiger partial charge in [0.05, 0.1) is 24.5 Å². The number of halogens is 1. The monoisotopic (exact) mass is 566 g/mol. The number of benzene rings is 1. The van der Waals surface area contributed by atoms with Crippen LogP contribution in [0.4, 0.5) is 0 Å². The Kier molecular flexibility index (Phi) is 10.7. The predicted octanol–water partition coefficient (Wildman–Crippen LogP) is 2.73. The summed E-state index contributed by atoms with van der Waals surface area (Å²) >= 11 is 0. The molecule has 0 aliphatic carbocycles. The van der Waals surface area contributed by atoms with Crippen LogP contribution in [0.1, 0.15) is 46.1 Å². The minimum absolute atomic E-state index is 0. The average molecular weight is 567 g/mol. The largest absolute Gasteiger partial charge is 0.469 e. The van der Waals surface area contributed by atoms with Gasteiger partial charge in [-0.3, -0.25) is 4.79 Å². The number of esters is 1. The molecule has 1 aliphatic heterocycles. The Balaban J connectivity index is 0.00000480. The Labute approximate surface area is 203 Å². The van der Waals surface area contributed by atoms with Crippen molar-refractivity contribution in [2.24, 2.45) is 10.9 Å². The zero-order chi connectivity index (χ0) is 22.4. The van der Waals surface area contributed by atoms with Crippen molar-refractivity contribution in [2.75, 3.05) is 26.7 Å². The Morgan fingerprint density at radius 1 is 1.23 bits per heavy atom. The van der Waals surface area contributed by atoms with E-state index in [1.54, 1.807) is 18.2 Å². The molecule has 176 valence electrons. The van der Waals surface area contributed by atoms with Gasteiger partial charge in [0, 0.05) is 25.2 Å². The second-order valence-corrected chi connectivity index (χ2v) is 10.1. The first-order valence-electron chi connectivity index (χ1n) is 10.3. The van der Waals surface area contributed by atoms with Gasteiger partial charge in [-0.1, -0.05) is 18.2 Å². The highest BCUT2D eigenvalue weighted by Gasteiger charge is 2.27. The summed E-state index contributed by atoms with van der Waals surface area (Å²) in [5.41, 5.74) is 0.0581. The van der Waals surface area contributed by atoms with E-state index < -0.39 is 15.6 Å². The fourth-order valence-corrected chi connectivity index (χ4v) is 5.09. The summed E-state index contributed by atoms with van der Waals surface area (Å²) in [6.45, 7) is 9.74. The predicted molar refractivity (Wildman–Crippen MR) is 133 cm³/mol. The third kappa shape index (κ3) is 8.23. The van der Waals surface area contributed by atoms with Gasteiger partial charge in [-0.2, -0.15) is 0 Å². The molecule has 0 aromatic heterocycles. The second-order valence-electron chi connectivity index (χ2n) is 8.42. The molecule has 1 aromatic carbocycles. The molecule has 0 spiro atoms. The van der Waals surface area contributed by atoms with E-state index in [0.717, 1.165) is 5.96 Å². The van der Waals surface area contributed by atoms with Gasteiger partial charge in [-0.25, -0.2) is 18.1 Å². The van der Waals surface area contributed by atoms with Gasteiger partial charge in [0.2, 0.25) is 10.0 Å². The lowest BCUT2D eigenvalue weighted by molar-refractivity contribution is -0.146. The maximum absolute atomic E-state index is 12.8. The number of sulfonamides is 1. The summed E-state index contributed by atoms with van der Waals surface area (Å²) in [7, 11) is -2.24. The zero-order valence-corrected chi connectivity index (χ0v) is 22.1. The molecular weight excluding hydrogens is 531 g/mol. The van der Waals surface area contributed by atoms with Crippen LogP contribution in [0.3, 0.4) is 0 Å². The topological polar surface area (TPSA) is 100 Å². The normalized spacial score (nSPS) is 15.9. The van der Waals surface area contributed by atoms with Crippen LogP contribution in [0.5, 0.6) is 0 Å². The molecular formula is C21H35IN4O4S. The molecule has 0 atom stereocenters. The van der Waals surface area contributed by atoms with Crippen molar-refractivity contribution in [3.05, 3.63) is 29.8 Å². The van der Waals surface area contributed by atoms with Crippen molar-refractivity contribution >= 4 is 45.9 Å². The van der Waals surface area contributed by atoms with Crippen molar-refractivity contribution in [1.29, 1.82) is 0 Å². The van der Waals surface area contributed by atoms with Gasteiger partial charge in [0.15, 0.2) is 5.96 Å². The van der Waals surface area contributed by atoms with E-state index in [1.807, 2.05) is 33.8 Å². The van der Waals surface area contributed by atoms with Gasteiger partial charge >= 0.3 is 5.97 Å². The van der Waals surface area contributed by atoms with Gasteiger partial charge in [0.25, 0.3) is 0 Å². The number of carbonyl (C=O) groups excluding carboxylic acids is 1. The van der Waals surface area contributed by atoms with Crippen LogP contribution in [-0.4, -0.2) is 57.5 Å². The van der Waals surface area contributed by atoms with Crippen molar-refractivity contribution in [3.8, 4) is 0 Å². The molecule has 1 aromatic rings. The van der Waals surface area contributed by atoms with Gasteiger partial charge in [-0.15, -0.1) is 24.0 Å². The molecule has 8 nitrogen and oxygen atoms in total. The highest BCUT2D eigenvalue weighted by atomic mass is 127. The van der Waals surface area contributed by atoms with Crippen LogP contribution in [0, 0.1) is 5.92 Å². The number of aliphatic imine (C=N–C) groups is 1. The van der Waals surface area contributed by atoms with Crippen LogP contribution in [0.25, 0.3) is 0 Å². The van der Waals surface area contributed by atoms with E-state index in [-0.39, 0.29) is 47.3 Å². The van der Waals surface area contributed by atoms with Crippen LogP contribution < -0.4 is 10.0 Å². The van der Waals surface area contributed by atoms with Crippen molar-refractivity contribution in [1.82, 2.24) is 14.9 Å². The molecule has 2 rings (SSSR count). The van der Waals surface area contributed by atoms with Crippen LogP contribution in [0.2, 0.25) is 0 Å². The molecule has 1 heterocycles. The number of hydrogen-bond acceptors (Lipinski definition) is 5. The van der Waals surface area contributed by atoms with E-state index in [2.05, 4.69) is 14.9 Å². The third-order valence-corrected chi connectivity index (χ3v) is 6.62. The van der Waals surface area contributed by atoms with Crippen molar-refractivity contribution < 1.29 is 17.9 Å². The van der Waals surface area contributed by atoms with Crippen LogP contribution in [-0.2, 0) is 26.1 Å². The molecule has 1 saturated heterocycles. The molecule has 2 N–H and O–H groups in total. The molecule has 0 unspecified atom stereocenters.